The Bertz CT molecular complexity index is 1050. The highest BCUT2D eigenvalue weighted by Gasteiger charge is 2.18. The third-order valence-electron chi connectivity index (χ3n) is 3.90. The van der Waals surface area contributed by atoms with Gasteiger partial charge in [-0.1, -0.05) is 47.2 Å². The lowest BCUT2D eigenvalue weighted by molar-refractivity contribution is 0.355. The van der Waals surface area contributed by atoms with Gasteiger partial charge in [0.05, 0.1) is 9.79 Å². The molecule has 28 heavy (non-hydrogen) atoms. The zero-order valence-electron chi connectivity index (χ0n) is 16.1. The molecule has 0 fully saturated rings. The molecule has 0 saturated carbocycles. The van der Waals surface area contributed by atoms with E-state index in [1.807, 2.05) is 13.8 Å². The molecule has 0 aliphatic rings. The Kier molecular flexibility index (Phi) is 7.01. The van der Waals surface area contributed by atoms with Gasteiger partial charge in [0.25, 0.3) is 20.2 Å². The monoisotopic (exact) mass is 422 g/mol. The van der Waals surface area contributed by atoms with Crippen LogP contribution in [0.5, 0.6) is 0 Å². The molecule has 0 aliphatic heterocycles. The van der Waals surface area contributed by atoms with Gasteiger partial charge in [0, 0.05) is 0 Å². The van der Waals surface area contributed by atoms with Crippen molar-refractivity contribution < 1.29 is 25.2 Å². The van der Waals surface area contributed by atoms with Crippen molar-refractivity contribution in [2.45, 2.75) is 37.5 Å². The van der Waals surface area contributed by atoms with Crippen molar-refractivity contribution in [3.05, 3.63) is 58.7 Å². The molecule has 0 unspecified atom stereocenters. The van der Waals surface area contributed by atoms with Crippen molar-refractivity contribution in [3.8, 4) is 11.8 Å². The maximum Gasteiger partial charge on any atom is 0.298 e. The average molecular weight is 423 g/mol. The Morgan fingerprint density at radius 3 is 1.36 bits per heavy atom. The molecule has 0 radical (unpaired) electrons. The molecule has 0 N–H and O–H groups in total. The molecule has 8 heteroatoms. The first-order valence-corrected chi connectivity index (χ1v) is 11.2. The minimum absolute atomic E-state index is 0.0774. The first kappa shape index (κ1) is 22.1. The fourth-order valence-electron chi connectivity index (χ4n) is 2.60. The quantitative estimate of drug-likeness (QED) is 0.525. The minimum Gasteiger partial charge on any atom is -0.253 e. The zero-order valence-corrected chi connectivity index (χ0v) is 17.8. The van der Waals surface area contributed by atoms with Gasteiger partial charge in [-0.05, 0) is 51.0 Å². The summed E-state index contributed by atoms with van der Waals surface area (Å²) in [5.74, 6) is 4.90. The van der Waals surface area contributed by atoms with Crippen LogP contribution in [-0.4, -0.2) is 30.0 Å². The van der Waals surface area contributed by atoms with Crippen LogP contribution in [0.3, 0.4) is 0 Å². The average Bonchev–Trinajstić information content (AvgIpc) is 2.57. The van der Waals surface area contributed by atoms with Gasteiger partial charge in [0.1, 0.15) is 13.2 Å². The van der Waals surface area contributed by atoms with E-state index in [0.29, 0.717) is 11.1 Å². The third kappa shape index (κ3) is 5.66. The van der Waals surface area contributed by atoms with Gasteiger partial charge in [-0.15, -0.1) is 0 Å². The summed E-state index contributed by atoms with van der Waals surface area (Å²) in [4.78, 5) is 0.155. The molecule has 2 aromatic carbocycles. The second-order valence-corrected chi connectivity index (χ2v) is 9.49. The number of hydrogen-bond acceptors (Lipinski definition) is 6. The largest absolute Gasteiger partial charge is 0.298 e. The van der Waals surface area contributed by atoms with Crippen LogP contribution in [-0.2, 0) is 28.6 Å². The highest BCUT2D eigenvalue weighted by Crippen LogP contribution is 2.19. The highest BCUT2D eigenvalue weighted by atomic mass is 32.2. The Balaban J connectivity index is 1.95. The van der Waals surface area contributed by atoms with E-state index in [2.05, 4.69) is 11.8 Å². The SMILES string of the molecule is Cc1ccc(S(=O)(=O)OCC#CCOS(=O)(=O)c2ccc(C)cc2C)c(C)c1. The highest BCUT2D eigenvalue weighted by molar-refractivity contribution is 7.87. The maximum atomic E-state index is 12.2. The van der Waals surface area contributed by atoms with E-state index in [1.54, 1.807) is 38.1 Å². The predicted molar refractivity (Wildman–Crippen MR) is 106 cm³/mol. The first-order valence-electron chi connectivity index (χ1n) is 8.42. The standard InChI is InChI=1S/C20H22O6S2/c1-15-7-9-19(17(3)13-15)27(21,22)25-11-5-6-12-26-28(23,24)20-10-8-16(2)14-18(20)4/h7-10,13-14H,11-12H2,1-4H3. The van der Waals surface area contributed by atoms with E-state index < -0.39 is 33.5 Å². The second-order valence-electron chi connectivity index (χ2n) is 6.32. The van der Waals surface area contributed by atoms with Crippen molar-refractivity contribution >= 4 is 20.2 Å². The molecule has 2 rings (SSSR count). The number of rotatable bonds is 6. The van der Waals surface area contributed by atoms with Crippen molar-refractivity contribution in [2.24, 2.45) is 0 Å². The Hall–Kier alpha value is -2.18. The number of benzene rings is 2. The molecule has 0 spiro atoms. The van der Waals surface area contributed by atoms with Gasteiger partial charge in [-0.2, -0.15) is 16.8 Å². The third-order valence-corrected chi connectivity index (χ3v) is 6.75. The molecule has 0 amide bonds. The normalized spacial score (nSPS) is 11.7. The van der Waals surface area contributed by atoms with Gasteiger partial charge in [-0.25, -0.2) is 0 Å². The predicted octanol–water partition coefficient (Wildman–Crippen LogP) is 3.03. The molecule has 0 atom stereocenters. The summed E-state index contributed by atoms with van der Waals surface area (Å²) in [5, 5.41) is 0. The summed E-state index contributed by atoms with van der Waals surface area (Å²) in [6, 6.07) is 9.81. The summed E-state index contributed by atoms with van der Waals surface area (Å²) in [7, 11) is -7.88. The van der Waals surface area contributed by atoms with Crippen LogP contribution in [0.1, 0.15) is 22.3 Å². The van der Waals surface area contributed by atoms with E-state index in [0.717, 1.165) is 11.1 Å². The lowest BCUT2D eigenvalue weighted by atomic mass is 10.2. The Morgan fingerprint density at radius 1 is 0.679 bits per heavy atom. The summed E-state index contributed by atoms with van der Waals surface area (Å²) in [6.07, 6.45) is 0. The minimum atomic E-state index is -3.94. The summed E-state index contributed by atoms with van der Waals surface area (Å²) < 4.78 is 58.5. The van der Waals surface area contributed by atoms with Crippen LogP contribution in [0, 0.1) is 39.5 Å². The van der Waals surface area contributed by atoms with Crippen LogP contribution in [0.25, 0.3) is 0 Å². The van der Waals surface area contributed by atoms with Gasteiger partial charge < -0.3 is 0 Å². The zero-order chi connectivity index (χ0) is 20.9. The molecular weight excluding hydrogens is 400 g/mol. The maximum absolute atomic E-state index is 12.2. The molecule has 0 aliphatic carbocycles. The van der Waals surface area contributed by atoms with Crippen LogP contribution in [0.15, 0.2) is 46.2 Å². The van der Waals surface area contributed by atoms with E-state index in [4.69, 9.17) is 8.37 Å². The van der Waals surface area contributed by atoms with Crippen molar-refractivity contribution in [1.29, 1.82) is 0 Å². The molecule has 0 saturated heterocycles. The van der Waals surface area contributed by atoms with E-state index in [9.17, 15) is 16.8 Å². The molecule has 150 valence electrons. The molecule has 2 aromatic rings. The van der Waals surface area contributed by atoms with Crippen LogP contribution in [0.4, 0.5) is 0 Å². The molecule has 0 bridgehead atoms. The van der Waals surface area contributed by atoms with Gasteiger partial charge in [0.2, 0.25) is 0 Å². The summed E-state index contributed by atoms with van der Waals surface area (Å²) >= 11 is 0. The van der Waals surface area contributed by atoms with E-state index in [-0.39, 0.29) is 9.79 Å². The summed E-state index contributed by atoms with van der Waals surface area (Å²) in [6.45, 7) is 6.29. The first-order chi connectivity index (χ1) is 13.0. The number of aryl methyl sites for hydroxylation is 4. The van der Waals surface area contributed by atoms with Gasteiger partial charge in [0.15, 0.2) is 0 Å². The fourth-order valence-corrected chi connectivity index (χ4v) is 4.66. The van der Waals surface area contributed by atoms with Crippen LogP contribution in [0.2, 0.25) is 0 Å². The Labute approximate surface area is 166 Å². The molecule has 0 aromatic heterocycles. The van der Waals surface area contributed by atoms with E-state index in [1.165, 1.54) is 12.1 Å². The van der Waals surface area contributed by atoms with E-state index >= 15 is 0 Å². The topological polar surface area (TPSA) is 86.7 Å². The van der Waals surface area contributed by atoms with Crippen molar-refractivity contribution in [2.75, 3.05) is 13.2 Å². The molecule has 6 nitrogen and oxygen atoms in total. The lowest BCUT2D eigenvalue weighted by Crippen LogP contribution is -2.09. The van der Waals surface area contributed by atoms with Gasteiger partial charge in [-0.3, -0.25) is 8.37 Å². The fraction of sp³-hybridized carbons (Fsp3) is 0.300. The van der Waals surface area contributed by atoms with Gasteiger partial charge >= 0.3 is 0 Å². The van der Waals surface area contributed by atoms with Crippen LogP contribution < -0.4 is 0 Å². The molecule has 0 heterocycles. The van der Waals surface area contributed by atoms with Crippen molar-refractivity contribution in [1.82, 2.24) is 0 Å². The summed E-state index contributed by atoms with van der Waals surface area (Å²) in [5.41, 5.74) is 3.04. The number of hydrogen-bond donors (Lipinski definition) is 0. The Morgan fingerprint density at radius 2 is 1.04 bits per heavy atom. The van der Waals surface area contributed by atoms with Crippen molar-refractivity contribution in [3.63, 3.8) is 0 Å². The van der Waals surface area contributed by atoms with Crippen LogP contribution >= 0.6 is 0 Å². The second kappa shape index (κ2) is 8.88. The molecular formula is C20H22O6S2. The smallest absolute Gasteiger partial charge is 0.253 e. The lowest BCUT2D eigenvalue weighted by Gasteiger charge is -2.07.